The zero-order valence-electron chi connectivity index (χ0n) is 14.7. The molecule has 0 bridgehead atoms. The number of hydrogen-bond donors (Lipinski definition) is 0. The summed E-state index contributed by atoms with van der Waals surface area (Å²) in [5, 5.41) is 0. The van der Waals surface area contributed by atoms with Crippen molar-refractivity contribution in [1.29, 1.82) is 0 Å². The van der Waals surface area contributed by atoms with Crippen molar-refractivity contribution in [3.8, 4) is 0 Å². The fourth-order valence-corrected chi connectivity index (χ4v) is 5.09. The Morgan fingerprint density at radius 1 is 1.29 bits per heavy atom. The van der Waals surface area contributed by atoms with Crippen molar-refractivity contribution in [2.75, 3.05) is 31.6 Å². The molecule has 0 saturated carbocycles. The molecular weight excluding hydrogens is 328 g/mol. The maximum atomic E-state index is 12.4. The summed E-state index contributed by atoms with van der Waals surface area (Å²) in [5.74, 6) is -0.140. The zero-order valence-corrected chi connectivity index (χ0v) is 15.5. The Morgan fingerprint density at radius 2 is 2.04 bits per heavy atom. The maximum Gasteiger partial charge on any atom is 0.242 e. The Labute approximate surface area is 144 Å². The first-order valence-electron chi connectivity index (χ1n) is 8.68. The molecule has 0 N–H and O–H groups in total. The van der Waals surface area contributed by atoms with Crippen molar-refractivity contribution in [1.82, 2.24) is 9.80 Å². The van der Waals surface area contributed by atoms with Crippen LogP contribution in [0.3, 0.4) is 0 Å². The van der Waals surface area contributed by atoms with E-state index in [2.05, 4.69) is 6.08 Å². The molecule has 0 aromatic rings. The molecule has 1 unspecified atom stereocenters. The van der Waals surface area contributed by atoms with Gasteiger partial charge in [0.25, 0.3) is 0 Å². The summed E-state index contributed by atoms with van der Waals surface area (Å²) >= 11 is 0. The number of rotatable bonds is 6. The van der Waals surface area contributed by atoms with Crippen LogP contribution in [0.1, 0.15) is 45.4 Å². The number of carbonyl (C=O) groups is 2. The molecule has 1 fully saturated rings. The Kier molecular flexibility index (Phi) is 6.43. The lowest BCUT2D eigenvalue weighted by molar-refractivity contribution is -0.139. The summed E-state index contributed by atoms with van der Waals surface area (Å²) in [6.07, 6.45) is 8.16. The lowest BCUT2D eigenvalue weighted by Gasteiger charge is -2.28. The normalized spacial score (nSPS) is 22.8. The van der Waals surface area contributed by atoms with Gasteiger partial charge in [0.15, 0.2) is 9.84 Å². The van der Waals surface area contributed by atoms with Crippen LogP contribution >= 0.6 is 0 Å². The molecule has 2 rings (SSSR count). The highest BCUT2D eigenvalue weighted by Gasteiger charge is 2.33. The Morgan fingerprint density at radius 3 is 2.58 bits per heavy atom. The fourth-order valence-electron chi connectivity index (χ4n) is 3.32. The molecule has 0 aromatic carbocycles. The summed E-state index contributed by atoms with van der Waals surface area (Å²) in [7, 11) is -1.39. The van der Waals surface area contributed by atoms with Gasteiger partial charge in [-0.15, -0.1) is 0 Å². The van der Waals surface area contributed by atoms with E-state index in [9.17, 15) is 18.0 Å². The first-order chi connectivity index (χ1) is 11.3. The Bertz CT molecular complexity index is 612. The highest BCUT2D eigenvalue weighted by Crippen LogP contribution is 2.21. The van der Waals surface area contributed by atoms with Gasteiger partial charge in [0.2, 0.25) is 11.8 Å². The highest BCUT2D eigenvalue weighted by atomic mass is 32.2. The lowest BCUT2D eigenvalue weighted by Crippen LogP contribution is -2.45. The monoisotopic (exact) mass is 356 g/mol. The largest absolute Gasteiger partial charge is 0.340 e. The molecule has 2 aliphatic rings. The first kappa shape index (κ1) is 19.0. The third-order valence-electron chi connectivity index (χ3n) is 5.01. The van der Waals surface area contributed by atoms with Crippen LogP contribution in [0.5, 0.6) is 0 Å². The van der Waals surface area contributed by atoms with E-state index in [1.54, 1.807) is 11.9 Å². The topological polar surface area (TPSA) is 74.8 Å². The van der Waals surface area contributed by atoms with Crippen molar-refractivity contribution in [2.24, 2.45) is 0 Å². The van der Waals surface area contributed by atoms with E-state index in [0.29, 0.717) is 13.0 Å². The molecule has 24 heavy (non-hydrogen) atoms. The average Bonchev–Trinajstić information content (AvgIpc) is 2.91. The number of sulfone groups is 1. The van der Waals surface area contributed by atoms with E-state index < -0.39 is 9.84 Å². The quantitative estimate of drug-likeness (QED) is 0.674. The minimum absolute atomic E-state index is 0.0235. The summed E-state index contributed by atoms with van der Waals surface area (Å²) in [4.78, 5) is 27.3. The van der Waals surface area contributed by atoms with Crippen molar-refractivity contribution >= 4 is 21.7 Å². The third-order valence-corrected chi connectivity index (χ3v) is 6.76. The van der Waals surface area contributed by atoms with E-state index in [1.165, 1.54) is 30.2 Å². The lowest BCUT2D eigenvalue weighted by atomic mass is 9.97. The van der Waals surface area contributed by atoms with Crippen LogP contribution in [-0.4, -0.2) is 67.7 Å². The number of hydrogen-bond acceptors (Lipinski definition) is 4. The SMILES string of the molecule is CC(=O)N(CCC1=CCCCC1)CC(=O)N(C)C1CCS(=O)(=O)C1. The molecule has 1 aliphatic carbocycles. The summed E-state index contributed by atoms with van der Waals surface area (Å²) in [6, 6.07) is -0.266. The molecule has 7 heteroatoms. The molecule has 0 radical (unpaired) electrons. The molecule has 136 valence electrons. The summed E-state index contributed by atoms with van der Waals surface area (Å²) in [5.41, 5.74) is 1.37. The van der Waals surface area contributed by atoms with Gasteiger partial charge in [0.05, 0.1) is 18.1 Å². The van der Waals surface area contributed by atoms with Crippen molar-refractivity contribution < 1.29 is 18.0 Å². The average molecular weight is 356 g/mol. The van der Waals surface area contributed by atoms with Crippen LogP contribution in [0.25, 0.3) is 0 Å². The number of allylic oxidation sites excluding steroid dienone is 1. The molecule has 1 heterocycles. The standard InChI is InChI=1S/C17H28N2O4S/c1-14(20)19(10-8-15-6-4-3-5-7-15)12-17(21)18(2)16-9-11-24(22,23)13-16/h6,16H,3-5,7-13H2,1-2H3. The van der Waals surface area contributed by atoms with Crippen molar-refractivity contribution in [2.45, 2.75) is 51.5 Å². The smallest absolute Gasteiger partial charge is 0.242 e. The van der Waals surface area contributed by atoms with Gasteiger partial charge in [0, 0.05) is 26.6 Å². The molecule has 1 aliphatic heterocycles. The van der Waals surface area contributed by atoms with Crippen LogP contribution in [-0.2, 0) is 19.4 Å². The molecule has 6 nitrogen and oxygen atoms in total. The van der Waals surface area contributed by atoms with E-state index in [0.717, 1.165) is 19.3 Å². The number of amides is 2. The minimum Gasteiger partial charge on any atom is -0.340 e. The first-order valence-corrected chi connectivity index (χ1v) is 10.5. The van der Waals surface area contributed by atoms with Gasteiger partial charge in [-0.2, -0.15) is 0 Å². The predicted molar refractivity (Wildman–Crippen MR) is 93.3 cm³/mol. The summed E-state index contributed by atoms with van der Waals surface area (Å²) in [6.45, 7) is 2.04. The molecule has 2 amide bonds. The van der Waals surface area contributed by atoms with Crippen molar-refractivity contribution in [3.05, 3.63) is 11.6 Å². The Hall–Kier alpha value is -1.37. The second-order valence-corrected chi connectivity index (χ2v) is 9.09. The predicted octanol–water partition coefficient (Wildman–Crippen LogP) is 1.37. The van der Waals surface area contributed by atoms with Crippen LogP contribution < -0.4 is 0 Å². The second kappa shape index (κ2) is 8.14. The third kappa shape index (κ3) is 5.33. The van der Waals surface area contributed by atoms with Crippen LogP contribution in [0.4, 0.5) is 0 Å². The molecule has 0 spiro atoms. The van der Waals surface area contributed by atoms with Gasteiger partial charge in [-0.05, 0) is 38.5 Å². The highest BCUT2D eigenvalue weighted by molar-refractivity contribution is 7.91. The molecule has 0 aromatic heterocycles. The number of nitrogens with zero attached hydrogens (tertiary/aromatic N) is 2. The van der Waals surface area contributed by atoms with Gasteiger partial charge in [-0.3, -0.25) is 9.59 Å². The number of carbonyl (C=O) groups excluding carboxylic acids is 2. The molecule has 1 saturated heterocycles. The Balaban J connectivity index is 1.88. The zero-order chi connectivity index (χ0) is 17.7. The van der Waals surface area contributed by atoms with E-state index in [1.807, 2.05) is 0 Å². The number of likely N-dealkylation sites (N-methyl/N-ethyl adjacent to an activating group) is 1. The molecule has 1 atom stereocenters. The molecular formula is C17H28N2O4S. The fraction of sp³-hybridized carbons (Fsp3) is 0.765. The van der Waals surface area contributed by atoms with Crippen LogP contribution in [0, 0.1) is 0 Å². The van der Waals surface area contributed by atoms with Gasteiger partial charge < -0.3 is 9.80 Å². The minimum atomic E-state index is -3.03. The van der Waals surface area contributed by atoms with Gasteiger partial charge >= 0.3 is 0 Å². The van der Waals surface area contributed by atoms with Crippen LogP contribution in [0.15, 0.2) is 11.6 Å². The van der Waals surface area contributed by atoms with E-state index >= 15 is 0 Å². The van der Waals surface area contributed by atoms with Gasteiger partial charge in [-0.25, -0.2) is 8.42 Å². The summed E-state index contributed by atoms with van der Waals surface area (Å²) < 4.78 is 23.1. The van der Waals surface area contributed by atoms with Gasteiger partial charge in [0.1, 0.15) is 0 Å². The maximum absolute atomic E-state index is 12.4. The van der Waals surface area contributed by atoms with Crippen molar-refractivity contribution in [3.63, 3.8) is 0 Å². The van der Waals surface area contributed by atoms with E-state index in [4.69, 9.17) is 0 Å². The van der Waals surface area contributed by atoms with Gasteiger partial charge in [-0.1, -0.05) is 11.6 Å². The van der Waals surface area contributed by atoms with Crippen LogP contribution in [0.2, 0.25) is 0 Å². The van der Waals surface area contributed by atoms with E-state index in [-0.39, 0.29) is 35.9 Å². The second-order valence-electron chi connectivity index (χ2n) is 6.86.